The third kappa shape index (κ3) is 2.65. The molecule has 0 bridgehead atoms. The van der Waals surface area contributed by atoms with Crippen LogP contribution in [0.5, 0.6) is 0 Å². The molecule has 1 aromatic heterocycles. The number of aromatic amines is 1. The average Bonchev–Trinajstić information content (AvgIpc) is 2.00. The Balaban J connectivity index is 3.37. The molecule has 84 valence electrons. The quantitative estimate of drug-likeness (QED) is 0.731. The normalized spacial score (nSPS) is 12.9. The fourth-order valence-corrected chi connectivity index (χ4v) is 1.27. The number of nitrogens with zero attached hydrogens (tertiary/aromatic N) is 1. The lowest BCUT2D eigenvalue weighted by molar-refractivity contribution is 0.520. The van der Waals surface area contributed by atoms with Crippen LogP contribution in [-0.4, -0.2) is 10.2 Å². The van der Waals surface area contributed by atoms with Crippen molar-refractivity contribution in [2.75, 3.05) is 0 Å². The topological polar surface area (TPSA) is 71.8 Å². The molecule has 0 saturated heterocycles. The molecule has 0 unspecified atom stereocenters. The highest BCUT2D eigenvalue weighted by molar-refractivity contribution is 5.23. The molecule has 1 aromatic rings. The van der Waals surface area contributed by atoms with Crippen molar-refractivity contribution in [1.29, 1.82) is 0 Å². The van der Waals surface area contributed by atoms with E-state index in [2.05, 4.69) is 10.2 Å². The average molecular weight is 209 g/mol. The van der Waals surface area contributed by atoms with Crippen molar-refractivity contribution in [2.24, 2.45) is 5.73 Å². The molecule has 4 heteroatoms. The van der Waals surface area contributed by atoms with Gasteiger partial charge in [0.1, 0.15) is 0 Å². The largest absolute Gasteiger partial charge is 0.322 e. The van der Waals surface area contributed by atoms with Crippen molar-refractivity contribution in [3.63, 3.8) is 0 Å². The van der Waals surface area contributed by atoms with Crippen LogP contribution in [0.25, 0.3) is 0 Å². The van der Waals surface area contributed by atoms with Crippen LogP contribution in [0.2, 0.25) is 0 Å². The number of hydrogen-bond donors (Lipinski definition) is 2. The Morgan fingerprint density at radius 3 is 2.20 bits per heavy atom. The van der Waals surface area contributed by atoms with Crippen molar-refractivity contribution in [2.45, 2.75) is 45.6 Å². The third-order valence-electron chi connectivity index (χ3n) is 2.27. The van der Waals surface area contributed by atoms with Crippen LogP contribution in [-0.2, 0) is 11.0 Å². The summed E-state index contributed by atoms with van der Waals surface area (Å²) in [5.74, 6) is 0. The van der Waals surface area contributed by atoms with E-state index in [0.29, 0.717) is 5.56 Å². The highest BCUT2D eigenvalue weighted by Gasteiger charge is 2.23. The number of rotatable bonds is 1. The molecule has 0 fully saturated rings. The number of nitrogens with two attached hydrogens (primary N) is 1. The molecule has 4 nitrogen and oxygen atoms in total. The van der Waals surface area contributed by atoms with Crippen LogP contribution in [0.4, 0.5) is 0 Å². The molecule has 0 aromatic carbocycles. The molecule has 0 amide bonds. The van der Waals surface area contributed by atoms with E-state index >= 15 is 0 Å². The summed E-state index contributed by atoms with van der Waals surface area (Å²) in [6.07, 6.45) is 0. The molecule has 1 heterocycles. The Morgan fingerprint density at radius 1 is 1.27 bits per heavy atom. The molecule has 0 spiro atoms. The van der Waals surface area contributed by atoms with Gasteiger partial charge >= 0.3 is 0 Å². The van der Waals surface area contributed by atoms with Gasteiger partial charge in [0, 0.05) is 16.5 Å². The van der Waals surface area contributed by atoms with Crippen LogP contribution in [0.15, 0.2) is 10.9 Å². The zero-order chi connectivity index (χ0) is 11.9. The maximum atomic E-state index is 11.5. The summed E-state index contributed by atoms with van der Waals surface area (Å²) in [7, 11) is 0. The molecule has 3 N–H and O–H groups in total. The van der Waals surface area contributed by atoms with Crippen molar-refractivity contribution < 1.29 is 0 Å². The van der Waals surface area contributed by atoms with Gasteiger partial charge in [-0.05, 0) is 19.9 Å². The molecule has 1 rings (SSSR count). The molecule has 15 heavy (non-hydrogen) atoms. The Morgan fingerprint density at radius 2 is 1.80 bits per heavy atom. The van der Waals surface area contributed by atoms with Gasteiger partial charge in [-0.1, -0.05) is 20.8 Å². The van der Waals surface area contributed by atoms with Gasteiger partial charge in [0.25, 0.3) is 5.56 Å². The number of hydrogen-bond acceptors (Lipinski definition) is 3. The zero-order valence-electron chi connectivity index (χ0n) is 10.0. The molecule has 0 aliphatic rings. The standard InChI is InChI=1S/C11H19N3O/c1-10(2,3)8-6-7(11(4,5)12)9(15)14-13-8/h6H,12H2,1-5H3,(H,14,15). The van der Waals surface area contributed by atoms with E-state index < -0.39 is 5.54 Å². The van der Waals surface area contributed by atoms with E-state index in [-0.39, 0.29) is 11.0 Å². The summed E-state index contributed by atoms with van der Waals surface area (Å²) in [5.41, 5.74) is 6.39. The summed E-state index contributed by atoms with van der Waals surface area (Å²) in [6, 6.07) is 1.79. The van der Waals surface area contributed by atoms with E-state index in [0.717, 1.165) is 5.69 Å². The molecule has 0 atom stereocenters. The Bertz CT molecular complexity index is 407. The molecule has 0 aliphatic carbocycles. The SMILES string of the molecule is CC(C)(C)c1cc(C(C)(C)N)c(=O)[nH]n1. The van der Waals surface area contributed by atoms with Gasteiger partial charge in [0.05, 0.1) is 5.69 Å². The Labute approximate surface area is 89.9 Å². The highest BCUT2D eigenvalue weighted by atomic mass is 16.1. The first kappa shape index (κ1) is 11.9. The second kappa shape index (κ2) is 3.45. The van der Waals surface area contributed by atoms with Crippen molar-refractivity contribution >= 4 is 0 Å². The zero-order valence-corrected chi connectivity index (χ0v) is 10.0. The predicted octanol–water partition coefficient (Wildman–Crippen LogP) is 1.26. The van der Waals surface area contributed by atoms with Crippen LogP contribution in [0.1, 0.15) is 45.9 Å². The van der Waals surface area contributed by atoms with Crippen LogP contribution in [0.3, 0.4) is 0 Å². The van der Waals surface area contributed by atoms with E-state index in [1.54, 1.807) is 6.07 Å². The van der Waals surface area contributed by atoms with Crippen molar-refractivity contribution in [3.05, 3.63) is 27.7 Å². The van der Waals surface area contributed by atoms with Crippen LogP contribution >= 0.6 is 0 Å². The van der Waals surface area contributed by atoms with Gasteiger partial charge in [-0.2, -0.15) is 5.10 Å². The summed E-state index contributed by atoms with van der Waals surface area (Å²) < 4.78 is 0. The second-order valence-electron chi connectivity index (χ2n) is 5.47. The van der Waals surface area contributed by atoms with E-state index in [4.69, 9.17) is 5.73 Å². The summed E-state index contributed by atoms with van der Waals surface area (Å²) in [5, 5.41) is 6.53. The first-order valence-electron chi connectivity index (χ1n) is 5.02. The van der Waals surface area contributed by atoms with Gasteiger partial charge < -0.3 is 5.73 Å². The summed E-state index contributed by atoms with van der Waals surface area (Å²) in [4.78, 5) is 11.5. The van der Waals surface area contributed by atoms with Crippen molar-refractivity contribution in [1.82, 2.24) is 10.2 Å². The van der Waals surface area contributed by atoms with Crippen molar-refractivity contribution in [3.8, 4) is 0 Å². The second-order valence-corrected chi connectivity index (χ2v) is 5.47. The van der Waals surface area contributed by atoms with E-state index in [1.807, 2.05) is 34.6 Å². The van der Waals surface area contributed by atoms with Gasteiger partial charge in [-0.3, -0.25) is 4.79 Å². The molecular weight excluding hydrogens is 190 g/mol. The number of H-pyrrole nitrogens is 1. The maximum Gasteiger partial charge on any atom is 0.269 e. The smallest absolute Gasteiger partial charge is 0.269 e. The van der Waals surface area contributed by atoms with Gasteiger partial charge in [-0.25, -0.2) is 5.10 Å². The third-order valence-corrected chi connectivity index (χ3v) is 2.27. The minimum atomic E-state index is -0.642. The van der Waals surface area contributed by atoms with Gasteiger partial charge in [0.2, 0.25) is 0 Å². The first-order valence-corrected chi connectivity index (χ1v) is 5.02. The molecule has 0 aliphatic heterocycles. The highest BCUT2D eigenvalue weighted by Crippen LogP contribution is 2.21. The minimum absolute atomic E-state index is 0.0931. The Kier molecular flexibility index (Phi) is 2.74. The lowest BCUT2D eigenvalue weighted by Crippen LogP contribution is -2.36. The maximum absolute atomic E-state index is 11.5. The monoisotopic (exact) mass is 209 g/mol. The molecular formula is C11H19N3O. The fourth-order valence-electron chi connectivity index (χ4n) is 1.27. The lowest BCUT2D eigenvalue weighted by Gasteiger charge is -2.22. The summed E-state index contributed by atoms with van der Waals surface area (Å²) >= 11 is 0. The van der Waals surface area contributed by atoms with Crippen LogP contribution in [0, 0.1) is 0 Å². The molecule has 0 radical (unpaired) electrons. The minimum Gasteiger partial charge on any atom is -0.322 e. The van der Waals surface area contributed by atoms with Crippen LogP contribution < -0.4 is 11.3 Å². The fraction of sp³-hybridized carbons (Fsp3) is 0.636. The van der Waals surface area contributed by atoms with Gasteiger partial charge in [-0.15, -0.1) is 0 Å². The summed E-state index contributed by atoms with van der Waals surface area (Å²) in [6.45, 7) is 9.75. The predicted molar refractivity (Wildman–Crippen MR) is 60.8 cm³/mol. The van der Waals surface area contributed by atoms with E-state index in [1.165, 1.54) is 0 Å². The molecule has 0 saturated carbocycles. The first-order chi connectivity index (χ1) is 6.62. The Hall–Kier alpha value is -1.16. The lowest BCUT2D eigenvalue weighted by atomic mass is 9.88. The van der Waals surface area contributed by atoms with E-state index in [9.17, 15) is 4.79 Å². The number of aromatic nitrogens is 2. The van der Waals surface area contributed by atoms with Gasteiger partial charge in [0.15, 0.2) is 0 Å². The number of nitrogens with one attached hydrogen (secondary N) is 1.